The van der Waals surface area contributed by atoms with E-state index < -0.39 is 0 Å². The van der Waals surface area contributed by atoms with E-state index in [0.29, 0.717) is 16.6 Å². The van der Waals surface area contributed by atoms with Gasteiger partial charge in [0.25, 0.3) is 5.91 Å². The van der Waals surface area contributed by atoms with Crippen molar-refractivity contribution in [1.29, 1.82) is 0 Å². The molecular formula is C14H9ClN2O. The summed E-state index contributed by atoms with van der Waals surface area (Å²) < 4.78 is 0. The number of rotatable bonds is 1. The predicted octanol–water partition coefficient (Wildman–Crippen LogP) is 3.01. The van der Waals surface area contributed by atoms with Crippen LogP contribution in [0.3, 0.4) is 0 Å². The molecule has 88 valence electrons. The smallest absolute Gasteiger partial charge is 0.295 e. The number of amides is 1. The Balaban J connectivity index is 1.98. The van der Waals surface area contributed by atoms with Gasteiger partial charge in [0.1, 0.15) is 11.5 Å². The Morgan fingerprint density at radius 3 is 2.72 bits per heavy atom. The van der Waals surface area contributed by atoms with Crippen molar-refractivity contribution < 1.29 is 4.79 Å². The lowest BCUT2D eigenvalue weighted by Gasteiger charge is -2.16. The second-order valence-corrected chi connectivity index (χ2v) is 4.36. The molecule has 0 atom stereocenters. The van der Waals surface area contributed by atoms with Crippen LogP contribution < -0.4 is 0 Å². The third-order valence-electron chi connectivity index (χ3n) is 2.71. The number of aliphatic imine (C=N–C) groups is 1. The minimum absolute atomic E-state index is 0.226. The van der Waals surface area contributed by atoms with Crippen molar-refractivity contribution in [3.8, 4) is 0 Å². The molecule has 0 N–H and O–H groups in total. The molecule has 3 nitrogen and oxygen atoms in total. The summed E-state index contributed by atoms with van der Waals surface area (Å²) in [5.41, 5.74) is 1.47. The lowest BCUT2D eigenvalue weighted by Crippen LogP contribution is -2.20. The van der Waals surface area contributed by atoms with E-state index in [0.717, 1.165) is 5.56 Å². The lowest BCUT2D eigenvalue weighted by atomic mass is 10.2. The van der Waals surface area contributed by atoms with Crippen molar-refractivity contribution in [1.82, 2.24) is 4.90 Å². The SMILES string of the molecule is O=C1N=C2C=CC=CN2/C1=C/c1ccc(Cl)cc1. The van der Waals surface area contributed by atoms with E-state index in [4.69, 9.17) is 11.6 Å². The number of hydrogen-bond acceptors (Lipinski definition) is 2. The van der Waals surface area contributed by atoms with E-state index in [1.165, 1.54) is 0 Å². The first-order valence-electron chi connectivity index (χ1n) is 5.48. The summed E-state index contributed by atoms with van der Waals surface area (Å²) in [6, 6.07) is 7.32. The van der Waals surface area contributed by atoms with Crippen molar-refractivity contribution in [2.24, 2.45) is 4.99 Å². The van der Waals surface area contributed by atoms with Gasteiger partial charge in [-0.25, -0.2) is 0 Å². The Morgan fingerprint density at radius 2 is 1.94 bits per heavy atom. The molecule has 0 saturated heterocycles. The first-order valence-corrected chi connectivity index (χ1v) is 5.86. The van der Waals surface area contributed by atoms with Crippen molar-refractivity contribution in [3.05, 3.63) is 65.0 Å². The highest BCUT2D eigenvalue weighted by molar-refractivity contribution is 6.30. The first-order chi connectivity index (χ1) is 8.74. The zero-order valence-electron chi connectivity index (χ0n) is 9.38. The number of nitrogens with zero attached hydrogens (tertiary/aromatic N) is 2. The number of amidine groups is 1. The second-order valence-electron chi connectivity index (χ2n) is 3.93. The monoisotopic (exact) mass is 256 g/mol. The number of hydrogen-bond donors (Lipinski definition) is 0. The van der Waals surface area contributed by atoms with Crippen LogP contribution in [-0.2, 0) is 4.79 Å². The van der Waals surface area contributed by atoms with Crippen molar-refractivity contribution in [3.63, 3.8) is 0 Å². The maximum atomic E-state index is 11.8. The van der Waals surface area contributed by atoms with Gasteiger partial charge in [-0.05, 0) is 35.9 Å². The van der Waals surface area contributed by atoms with Gasteiger partial charge in [-0.2, -0.15) is 4.99 Å². The quantitative estimate of drug-likeness (QED) is 0.724. The van der Waals surface area contributed by atoms with Crippen LogP contribution in [0.2, 0.25) is 5.02 Å². The fraction of sp³-hybridized carbons (Fsp3) is 0. The first kappa shape index (κ1) is 11.0. The Morgan fingerprint density at radius 1 is 1.17 bits per heavy atom. The van der Waals surface area contributed by atoms with Gasteiger partial charge in [-0.15, -0.1) is 0 Å². The zero-order chi connectivity index (χ0) is 12.5. The van der Waals surface area contributed by atoms with Crippen LogP contribution in [0, 0.1) is 0 Å². The molecule has 2 aliphatic heterocycles. The molecule has 3 rings (SSSR count). The molecule has 0 aliphatic carbocycles. The summed E-state index contributed by atoms with van der Waals surface area (Å²) in [5.74, 6) is 0.430. The number of benzene rings is 1. The summed E-state index contributed by atoms with van der Waals surface area (Å²) in [7, 11) is 0. The third kappa shape index (κ3) is 1.89. The number of fused-ring (bicyclic) bond motifs is 1. The lowest BCUT2D eigenvalue weighted by molar-refractivity contribution is -0.114. The fourth-order valence-electron chi connectivity index (χ4n) is 1.84. The molecule has 0 bridgehead atoms. The summed E-state index contributed by atoms with van der Waals surface area (Å²) in [4.78, 5) is 17.6. The molecule has 18 heavy (non-hydrogen) atoms. The van der Waals surface area contributed by atoms with Gasteiger partial charge in [0.15, 0.2) is 0 Å². The van der Waals surface area contributed by atoms with Crippen molar-refractivity contribution >= 4 is 29.4 Å². The van der Waals surface area contributed by atoms with E-state index in [9.17, 15) is 4.79 Å². The standard InChI is InChI=1S/C14H9ClN2O/c15-11-6-4-10(5-7-11)9-12-14(18)16-13-3-1-2-8-17(12)13/h1-9H/b12-9+. The zero-order valence-corrected chi connectivity index (χ0v) is 10.1. The molecule has 0 unspecified atom stereocenters. The minimum atomic E-state index is -0.226. The van der Waals surface area contributed by atoms with Crippen LogP contribution >= 0.6 is 11.6 Å². The molecule has 4 heteroatoms. The molecule has 2 heterocycles. The van der Waals surface area contributed by atoms with Gasteiger partial charge in [0.2, 0.25) is 0 Å². The molecule has 1 aromatic carbocycles. The van der Waals surface area contributed by atoms with E-state index in [2.05, 4.69) is 4.99 Å². The average molecular weight is 257 g/mol. The molecule has 0 saturated carbocycles. The van der Waals surface area contributed by atoms with Crippen LogP contribution in [0.1, 0.15) is 5.56 Å². The van der Waals surface area contributed by atoms with E-state index in [-0.39, 0.29) is 5.91 Å². The molecule has 1 aromatic rings. The predicted molar refractivity (Wildman–Crippen MR) is 72.0 cm³/mol. The highest BCUT2D eigenvalue weighted by Gasteiger charge is 2.27. The topological polar surface area (TPSA) is 32.7 Å². The van der Waals surface area contributed by atoms with Gasteiger partial charge in [-0.3, -0.25) is 9.69 Å². The molecule has 2 aliphatic rings. The molecule has 0 aromatic heterocycles. The van der Waals surface area contributed by atoms with E-state index in [1.807, 2.05) is 30.5 Å². The molecular weight excluding hydrogens is 248 g/mol. The Labute approximate surface area is 109 Å². The minimum Gasteiger partial charge on any atom is -0.297 e. The highest BCUT2D eigenvalue weighted by atomic mass is 35.5. The number of halogens is 1. The van der Waals surface area contributed by atoms with Crippen LogP contribution in [0.25, 0.3) is 6.08 Å². The van der Waals surface area contributed by atoms with Crippen LogP contribution in [0.5, 0.6) is 0 Å². The number of carbonyl (C=O) groups excluding carboxylic acids is 1. The summed E-state index contributed by atoms with van der Waals surface area (Å²) in [6.07, 6.45) is 9.16. The maximum Gasteiger partial charge on any atom is 0.295 e. The highest BCUT2D eigenvalue weighted by Crippen LogP contribution is 2.23. The summed E-state index contributed by atoms with van der Waals surface area (Å²) in [5, 5.41) is 0.674. The van der Waals surface area contributed by atoms with E-state index in [1.54, 1.807) is 29.2 Å². The van der Waals surface area contributed by atoms with Gasteiger partial charge in [0, 0.05) is 11.2 Å². The summed E-state index contributed by atoms with van der Waals surface area (Å²) >= 11 is 5.83. The number of carbonyl (C=O) groups is 1. The average Bonchev–Trinajstić information content (AvgIpc) is 2.69. The third-order valence-corrected chi connectivity index (χ3v) is 2.96. The number of allylic oxidation sites excluding steroid dienone is 2. The van der Waals surface area contributed by atoms with Gasteiger partial charge in [0.05, 0.1) is 0 Å². The molecule has 1 amide bonds. The Hall–Kier alpha value is -2.13. The maximum absolute atomic E-state index is 11.8. The Bertz CT molecular complexity index is 624. The van der Waals surface area contributed by atoms with Gasteiger partial charge in [-0.1, -0.05) is 29.8 Å². The van der Waals surface area contributed by atoms with Crippen LogP contribution in [0.4, 0.5) is 0 Å². The van der Waals surface area contributed by atoms with Gasteiger partial charge < -0.3 is 0 Å². The second kappa shape index (κ2) is 4.27. The molecule has 0 fully saturated rings. The van der Waals surface area contributed by atoms with Gasteiger partial charge >= 0.3 is 0 Å². The van der Waals surface area contributed by atoms with Crippen molar-refractivity contribution in [2.75, 3.05) is 0 Å². The van der Waals surface area contributed by atoms with Crippen molar-refractivity contribution in [2.45, 2.75) is 0 Å². The summed E-state index contributed by atoms with van der Waals surface area (Å²) in [6.45, 7) is 0. The normalized spacial score (nSPS) is 19.4. The molecule has 0 radical (unpaired) electrons. The fourth-order valence-corrected chi connectivity index (χ4v) is 1.97. The Kier molecular flexibility index (Phi) is 2.61. The van der Waals surface area contributed by atoms with Crippen LogP contribution in [0.15, 0.2) is 59.4 Å². The van der Waals surface area contributed by atoms with E-state index >= 15 is 0 Å². The molecule has 0 spiro atoms. The van der Waals surface area contributed by atoms with Crippen LogP contribution in [-0.4, -0.2) is 16.6 Å². The largest absolute Gasteiger partial charge is 0.297 e.